The topological polar surface area (TPSA) is 83.6 Å². The van der Waals surface area contributed by atoms with Gasteiger partial charge < -0.3 is 20.3 Å². The van der Waals surface area contributed by atoms with E-state index in [0.717, 1.165) is 43.7 Å². The van der Waals surface area contributed by atoms with Gasteiger partial charge in [-0.3, -0.25) is 4.79 Å². The fourth-order valence-corrected chi connectivity index (χ4v) is 3.78. The average Bonchev–Trinajstić information content (AvgIpc) is 2.70. The predicted molar refractivity (Wildman–Crippen MR) is 113 cm³/mol. The molecule has 1 saturated heterocycles. The summed E-state index contributed by atoms with van der Waals surface area (Å²) in [7, 11) is 0. The minimum Gasteiger partial charge on any atom is -0.444 e. The fourth-order valence-electron chi connectivity index (χ4n) is 3.78. The fraction of sp³-hybridized carbons (Fsp3) is 0.682. The van der Waals surface area contributed by atoms with Gasteiger partial charge in [-0.25, -0.2) is 9.78 Å². The molecule has 0 spiro atoms. The largest absolute Gasteiger partial charge is 0.444 e. The molecule has 0 atom stereocenters. The molecule has 0 bridgehead atoms. The number of fused-ring (bicyclic) bond motifs is 1. The monoisotopic (exact) mass is 402 g/mol. The van der Waals surface area contributed by atoms with Crippen LogP contribution in [-0.4, -0.2) is 53.7 Å². The Labute approximate surface area is 173 Å². The van der Waals surface area contributed by atoms with Crippen LogP contribution in [0.15, 0.2) is 12.1 Å². The van der Waals surface area contributed by atoms with Crippen molar-refractivity contribution in [2.45, 2.75) is 64.9 Å². The molecule has 0 aliphatic carbocycles. The van der Waals surface area contributed by atoms with Crippen LogP contribution in [0.2, 0.25) is 0 Å². The van der Waals surface area contributed by atoms with Crippen LogP contribution in [0, 0.1) is 5.92 Å². The third kappa shape index (κ3) is 6.34. The minimum absolute atomic E-state index is 0.0280. The van der Waals surface area contributed by atoms with E-state index in [1.165, 1.54) is 5.56 Å². The Balaban J connectivity index is 1.35. The van der Waals surface area contributed by atoms with Gasteiger partial charge >= 0.3 is 6.09 Å². The van der Waals surface area contributed by atoms with E-state index >= 15 is 0 Å². The van der Waals surface area contributed by atoms with E-state index in [1.54, 1.807) is 4.90 Å². The van der Waals surface area contributed by atoms with Gasteiger partial charge in [-0.05, 0) is 70.9 Å². The molecule has 0 unspecified atom stereocenters. The second kappa shape index (κ2) is 9.46. The van der Waals surface area contributed by atoms with Crippen LogP contribution in [0.25, 0.3) is 0 Å². The van der Waals surface area contributed by atoms with Gasteiger partial charge in [-0.1, -0.05) is 6.07 Å². The molecule has 0 radical (unpaired) electrons. The standard InChI is InChI=1S/C22H34N4O3/c1-22(2,3)29-21(28)26-14-10-17(11-15-26)20(27)24-13-5-7-18-9-8-16-6-4-12-23-19(16)25-18/h8-9,17H,4-7,10-15H2,1-3H3,(H,23,25)(H,24,27). The molecular weight excluding hydrogens is 368 g/mol. The summed E-state index contributed by atoms with van der Waals surface area (Å²) in [5.41, 5.74) is 1.87. The molecule has 160 valence electrons. The van der Waals surface area contributed by atoms with E-state index in [-0.39, 0.29) is 17.9 Å². The summed E-state index contributed by atoms with van der Waals surface area (Å²) >= 11 is 0. The molecule has 7 nitrogen and oxygen atoms in total. The van der Waals surface area contributed by atoms with E-state index in [9.17, 15) is 9.59 Å². The number of hydrogen-bond acceptors (Lipinski definition) is 5. The molecule has 0 aromatic carbocycles. The summed E-state index contributed by atoms with van der Waals surface area (Å²) < 4.78 is 5.41. The maximum atomic E-state index is 12.4. The number of nitrogens with one attached hydrogen (secondary N) is 2. The molecular formula is C22H34N4O3. The second-order valence-corrected chi connectivity index (χ2v) is 8.98. The predicted octanol–water partition coefficient (Wildman–Crippen LogP) is 3.14. The number of anilines is 1. The molecule has 2 amide bonds. The number of hydrogen-bond donors (Lipinski definition) is 2. The van der Waals surface area contributed by atoms with Crippen LogP contribution >= 0.6 is 0 Å². The van der Waals surface area contributed by atoms with Gasteiger partial charge in [0.05, 0.1) is 0 Å². The molecule has 1 fully saturated rings. The highest BCUT2D eigenvalue weighted by Crippen LogP contribution is 2.21. The van der Waals surface area contributed by atoms with Crippen LogP contribution in [0.4, 0.5) is 10.6 Å². The highest BCUT2D eigenvalue weighted by Gasteiger charge is 2.29. The molecule has 2 N–H and O–H groups in total. The van der Waals surface area contributed by atoms with Crippen molar-refractivity contribution >= 4 is 17.8 Å². The molecule has 0 saturated carbocycles. The molecule has 1 aromatic rings. The molecule has 7 heteroatoms. The number of nitrogens with zero attached hydrogens (tertiary/aromatic N) is 2. The zero-order valence-electron chi connectivity index (χ0n) is 17.9. The van der Waals surface area contributed by atoms with Gasteiger partial charge in [-0.15, -0.1) is 0 Å². The number of carbonyl (C=O) groups excluding carboxylic acids is 2. The maximum Gasteiger partial charge on any atom is 0.410 e. The van der Waals surface area contributed by atoms with Crippen LogP contribution in [0.3, 0.4) is 0 Å². The zero-order valence-corrected chi connectivity index (χ0v) is 17.9. The average molecular weight is 403 g/mol. The van der Waals surface area contributed by atoms with Crippen molar-refractivity contribution in [3.8, 4) is 0 Å². The third-order valence-corrected chi connectivity index (χ3v) is 5.38. The zero-order chi connectivity index (χ0) is 20.9. The Hall–Kier alpha value is -2.31. The van der Waals surface area contributed by atoms with Gasteiger partial charge in [0.25, 0.3) is 0 Å². The van der Waals surface area contributed by atoms with Gasteiger partial charge in [-0.2, -0.15) is 0 Å². The van der Waals surface area contributed by atoms with Crippen molar-refractivity contribution < 1.29 is 14.3 Å². The summed E-state index contributed by atoms with van der Waals surface area (Å²) in [4.78, 5) is 30.9. The first-order valence-electron chi connectivity index (χ1n) is 10.8. The molecule has 2 aliphatic heterocycles. The summed E-state index contributed by atoms with van der Waals surface area (Å²) in [6.45, 7) is 8.37. The number of amides is 2. The summed E-state index contributed by atoms with van der Waals surface area (Å²) in [5, 5.41) is 6.41. The van der Waals surface area contributed by atoms with Crippen molar-refractivity contribution in [1.82, 2.24) is 15.2 Å². The van der Waals surface area contributed by atoms with Crippen LogP contribution in [0.5, 0.6) is 0 Å². The Morgan fingerprint density at radius 1 is 1.28 bits per heavy atom. The van der Waals surface area contributed by atoms with Gasteiger partial charge in [0.1, 0.15) is 11.4 Å². The van der Waals surface area contributed by atoms with E-state index in [2.05, 4.69) is 22.8 Å². The number of rotatable bonds is 5. The first kappa shape index (κ1) is 21.4. The van der Waals surface area contributed by atoms with Crippen molar-refractivity contribution in [3.05, 3.63) is 23.4 Å². The van der Waals surface area contributed by atoms with Crippen LogP contribution < -0.4 is 10.6 Å². The van der Waals surface area contributed by atoms with Crippen LogP contribution in [0.1, 0.15) is 57.7 Å². The molecule has 3 rings (SSSR count). The first-order chi connectivity index (χ1) is 13.8. The van der Waals surface area contributed by atoms with Crippen molar-refractivity contribution in [3.63, 3.8) is 0 Å². The summed E-state index contributed by atoms with van der Waals surface area (Å²) in [6, 6.07) is 4.26. The van der Waals surface area contributed by atoms with E-state index in [4.69, 9.17) is 9.72 Å². The molecule has 1 aromatic heterocycles. The van der Waals surface area contributed by atoms with E-state index in [0.29, 0.717) is 32.5 Å². The number of aryl methyl sites for hydroxylation is 2. The lowest BCUT2D eigenvalue weighted by atomic mass is 9.96. The highest BCUT2D eigenvalue weighted by atomic mass is 16.6. The lowest BCUT2D eigenvalue weighted by Gasteiger charge is -2.32. The number of ether oxygens (including phenoxy) is 1. The molecule has 2 aliphatic rings. The summed E-state index contributed by atoms with van der Waals surface area (Å²) in [6.07, 6.45) is 5.06. The van der Waals surface area contributed by atoms with Gasteiger partial charge in [0.15, 0.2) is 0 Å². The Morgan fingerprint density at radius 2 is 2.03 bits per heavy atom. The molecule has 29 heavy (non-hydrogen) atoms. The number of carbonyl (C=O) groups is 2. The lowest BCUT2D eigenvalue weighted by Crippen LogP contribution is -2.45. The van der Waals surface area contributed by atoms with E-state index < -0.39 is 5.60 Å². The number of aromatic nitrogens is 1. The van der Waals surface area contributed by atoms with Crippen molar-refractivity contribution in [2.24, 2.45) is 5.92 Å². The Kier molecular flexibility index (Phi) is 6.98. The minimum atomic E-state index is -0.492. The van der Waals surface area contributed by atoms with E-state index in [1.807, 2.05) is 20.8 Å². The summed E-state index contributed by atoms with van der Waals surface area (Å²) in [5.74, 6) is 1.09. The van der Waals surface area contributed by atoms with Crippen molar-refractivity contribution in [1.29, 1.82) is 0 Å². The maximum absolute atomic E-state index is 12.4. The molecule has 3 heterocycles. The number of piperidine rings is 1. The lowest BCUT2D eigenvalue weighted by molar-refractivity contribution is -0.126. The quantitative estimate of drug-likeness (QED) is 0.740. The van der Waals surface area contributed by atoms with Gasteiger partial charge in [0.2, 0.25) is 5.91 Å². The van der Waals surface area contributed by atoms with Crippen LogP contribution in [-0.2, 0) is 22.4 Å². The smallest absolute Gasteiger partial charge is 0.410 e. The Morgan fingerprint density at radius 3 is 2.76 bits per heavy atom. The SMILES string of the molecule is CC(C)(C)OC(=O)N1CCC(C(=O)NCCCc2ccc3c(n2)NCCC3)CC1. The third-order valence-electron chi connectivity index (χ3n) is 5.38. The normalized spacial score (nSPS) is 17.3. The second-order valence-electron chi connectivity index (χ2n) is 8.98. The Bertz CT molecular complexity index is 721. The first-order valence-corrected chi connectivity index (χ1v) is 10.8. The highest BCUT2D eigenvalue weighted by molar-refractivity contribution is 5.79. The number of pyridine rings is 1. The number of likely N-dealkylation sites (tertiary alicyclic amines) is 1. The van der Waals surface area contributed by atoms with Crippen molar-refractivity contribution in [2.75, 3.05) is 31.5 Å². The van der Waals surface area contributed by atoms with Gasteiger partial charge in [0, 0.05) is 37.8 Å².